The number of likely N-dealkylation sites (N-methyl/N-ethyl adjacent to an activating group) is 1. The maximum Gasteiger partial charge on any atom is 0.407 e. The number of rotatable bonds is 7. The SMILES string of the molecule is CN1CC[C@H](c2c(C(CN(CC3CCCCN3)C(=O)O)c3ccccc3Cl)cc(O)c3c(=O)ccoc23)[C@H](O)C1. The summed E-state index contributed by atoms with van der Waals surface area (Å²) in [5, 5.41) is 36.6. The van der Waals surface area contributed by atoms with E-state index in [1.165, 1.54) is 23.3 Å². The number of fused-ring (bicyclic) bond motifs is 1. The molecule has 1 amide bonds. The normalized spacial score (nSPS) is 22.7. The van der Waals surface area contributed by atoms with Gasteiger partial charge in [-0.1, -0.05) is 36.2 Å². The molecule has 2 unspecified atom stereocenters. The lowest BCUT2D eigenvalue weighted by Gasteiger charge is -2.37. The maximum absolute atomic E-state index is 12.9. The average Bonchev–Trinajstić information content (AvgIpc) is 2.92. The summed E-state index contributed by atoms with van der Waals surface area (Å²) < 4.78 is 5.91. The largest absolute Gasteiger partial charge is 0.507 e. The van der Waals surface area contributed by atoms with Gasteiger partial charge in [0.25, 0.3) is 0 Å². The molecule has 40 heavy (non-hydrogen) atoms. The molecule has 4 N–H and O–H groups in total. The molecular formula is C30H36ClN3O6. The molecule has 0 radical (unpaired) electrons. The number of aliphatic hydroxyl groups excluding tert-OH is 1. The van der Waals surface area contributed by atoms with Gasteiger partial charge in [0, 0.05) is 54.2 Å². The Labute approximate surface area is 238 Å². The Bertz CT molecular complexity index is 1420. The van der Waals surface area contributed by atoms with Gasteiger partial charge in [0.2, 0.25) is 0 Å². The highest BCUT2D eigenvalue weighted by Gasteiger charge is 2.36. The highest BCUT2D eigenvalue weighted by atomic mass is 35.5. The molecule has 0 saturated carbocycles. The van der Waals surface area contributed by atoms with E-state index >= 15 is 0 Å². The summed E-state index contributed by atoms with van der Waals surface area (Å²) in [7, 11) is 1.94. The molecular weight excluding hydrogens is 534 g/mol. The average molecular weight is 570 g/mol. The fraction of sp³-hybridized carbons (Fsp3) is 0.467. The van der Waals surface area contributed by atoms with Gasteiger partial charge in [0.05, 0.1) is 12.4 Å². The Morgan fingerprint density at radius 2 is 2.02 bits per heavy atom. The number of aromatic hydroxyl groups is 1. The van der Waals surface area contributed by atoms with Crippen LogP contribution in [0.15, 0.2) is 51.9 Å². The van der Waals surface area contributed by atoms with Crippen LogP contribution in [0.2, 0.25) is 5.02 Å². The van der Waals surface area contributed by atoms with E-state index in [4.69, 9.17) is 16.0 Å². The van der Waals surface area contributed by atoms with Crippen LogP contribution in [0.3, 0.4) is 0 Å². The van der Waals surface area contributed by atoms with Crippen molar-refractivity contribution in [2.75, 3.05) is 39.8 Å². The van der Waals surface area contributed by atoms with Crippen LogP contribution >= 0.6 is 11.6 Å². The summed E-state index contributed by atoms with van der Waals surface area (Å²) in [6.07, 6.45) is 3.06. The molecule has 9 nitrogen and oxygen atoms in total. The van der Waals surface area contributed by atoms with Crippen LogP contribution in [0.5, 0.6) is 5.75 Å². The summed E-state index contributed by atoms with van der Waals surface area (Å²) in [5.74, 6) is -1.25. The molecule has 2 aromatic carbocycles. The molecule has 2 saturated heterocycles. The van der Waals surface area contributed by atoms with Gasteiger partial charge in [-0.2, -0.15) is 0 Å². The zero-order valence-electron chi connectivity index (χ0n) is 22.6. The van der Waals surface area contributed by atoms with Crippen molar-refractivity contribution in [3.63, 3.8) is 0 Å². The number of likely N-dealkylation sites (tertiary alicyclic amines) is 1. The maximum atomic E-state index is 12.9. The van der Waals surface area contributed by atoms with Gasteiger partial charge in [-0.05, 0) is 62.7 Å². The van der Waals surface area contributed by atoms with Gasteiger partial charge in [-0.25, -0.2) is 4.79 Å². The molecule has 2 aliphatic rings. The van der Waals surface area contributed by atoms with E-state index in [-0.39, 0.29) is 29.3 Å². The Kier molecular flexibility index (Phi) is 8.65. The molecule has 2 fully saturated rings. The molecule has 214 valence electrons. The van der Waals surface area contributed by atoms with Crippen molar-refractivity contribution < 1.29 is 24.5 Å². The number of nitrogens with zero attached hydrogens (tertiary/aromatic N) is 2. The zero-order chi connectivity index (χ0) is 28.4. The van der Waals surface area contributed by atoms with E-state index in [1.54, 1.807) is 6.07 Å². The first kappa shape index (κ1) is 28.4. The second-order valence-electron chi connectivity index (χ2n) is 11.0. The van der Waals surface area contributed by atoms with Crippen LogP contribution in [0, 0.1) is 0 Å². The highest BCUT2D eigenvalue weighted by Crippen LogP contribution is 2.44. The van der Waals surface area contributed by atoms with Crippen LogP contribution in [-0.2, 0) is 0 Å². The van der Waals surface area contributed by atoms with Crippen molar-refractivity contribution in [1.82, 2.24) is 15.1 Å². The number of nitrogens with one attached hydrogen (secondary N) is 1. The number of benzene rings is 2. The summed E-state index contributed by atoms with van der Waals surface area (Å²) in [6, 6.07) is 10.1. The first-order valence-corrected chi connectivity index (χ1v) is 14.2. The second kappa shape index (κ2) is 12.2. The van der Waals surface area contributed by atoms with Gasteiger partial charge >= 0.3 is 6.09 Å². The third-order valence-corrected chi connectivity index (χ3v) is 8.67. The number of aliphatic hydroxyl groups is 1. The number of halogens is 1. The van der Waals surface area contributed by atoms with Gasteiger partial charge in [0.1, 0.15) is 16.7 Å². The molecule has 3 aromatic rings. The van der Waals surface area contributed by atoms with Gasteiger partial charge < -0.3 is 34.9 Å². The first-order valence-electron chi connectivity index (χ1n) is 13.8. The van der Waals surface area contributed by atoms with Crippen molar-refractivity contribution >= 4 is 28.7 Å². The topological polar surface area (TPSA) is 126 Å². The van der Waals surface area contributed by atoms with Gasteiger partial charge in [-0.3, -0.25) is 4.79 Å². The molecule has 10 heteroatoms. The van der Waals surface area contributed by atoms with Crippen molar-refractivity contribution in [1.29, 1.82) is 0 Å². The number of carbonyl (C=O) groups is 1. The number of phenolic OH excluding ortho intramolecular Hbond substituents is 1. The molecule has 2 aliphatic heterocycles. The lowest BCUT2D eigenvalue weighted by molar-refractivity contribution is 0.0634. The number of piperidine rings is 2. The van der Waals surface area contributed by atoms with Crippen LogP contribution < -0.4 is 10.7 Å². The summed E-state index contributed by atoms with van der Waals surface area (Å²) in [6.45, 7) is 2.36. The Morgan fingerprint density at radius 3 is 2.73 bits per heavy atom. The van der Waals surface area contributed by atoms with E-state index in [2.05, 4.69) is 5.32 Å². The quantitative estimate of drug-likeness (QED) is 0.334. The van der Waals surface area contributed by atoms with E-state index in [0.29, 0.717) is 47.8 Å². The molecule has 5 rings (SSSR count). The van der Waals surface area contributed by atoms with E-state index in [1.807, 2.05) is 30.1 Å². The molecule has 4 atom stereocenters. The fourth-order valence-electron chi connectivity index (χ4n) is 6.30. The summed E-state index contributed by atoms with van der Waals surface area (Å²) in [4.78, 5) is 28.9. The lowest BCUT2D eigenvalue weighted by Crippen LogP contribution is -2.46. The number of hydrogen-bond acceptors (Lipinski definition) is 7. The predicted octanol–water partition coefficient (Wildman–Crippen LogP) is 4.19. The minimum absolute atomic E-state index is 0.0370. The number of hydrogen-bond donors (Lipinski definition) is 4. The van der Waals surface area contributed by atoms with Crippen LogP contribution in [0.4, 0.5) is 4.79 Å². The monoisotopic (exact) mass is 569 g/mol. The van der Waals surface area contributed by atoms with Crippen LogP contribution in [0.25, 0.3) is 11.0 Å². The molecule has 0 aliphatic carbocycles. The van der Waals surface area contributed by atoms with E-state index < -0.39 is 29.5 Å². The number of amides is 1. The van der Waals surface area contributed by atoms with Crippen molar-refractivity contribution in [2.24, 2.45) is 0 Å². The number of carboxylic acid groups (broad SMARTS) is 1. The molecule has 0 bridgehead atoms. The highest BCUT2D eigenvalue weighted by molar-refractivity contribution is 6.31. The van der Waals surface area contributed by atoms with Gasteiger partial charge in [0.15, 0.2) is 5.43 Å². The molecule has 3 heterocycles. The Morgan fingerprint density at radius 1 is 1.23 bits per heavy atom. The number of β-amino-alcohol motifs (C(OH)–C–C–N with tert-alkyl or cyclic N) is 1. The van der Waals surface area contributed by atoms with E-state index in [0.717, 1.165) is 25.8 Å². The smallest absolute Gasteiger partial charge is 0.407 e. The van der Waals surface area contributed by atoms with Crippen molar-refractivity contribution in [3.05, 3.63) is 74.6 Å². The Hall–Kier alpha value is -3.11. The third-order valence-electron chi connectivity index (χ3n) is 8.32. The van der Waals surface area contributed by atoms with Crippen molar-refractivity contribution in [2.45, 2.75) is 49.7 Å². The predicted molar refractivity (Wildman–Crippen MR) is 154 cm³/mol. The fourth-order valence-corrected chi connectivity index (χ4v) is 6.57. The van der Waals surface area contributed by atoms with E-state index in [9.17, 15) is 24.9 Å². The standard InChI is InChI=1S/C30H36ClN3O6/c1-33-12-9-20(26(37)17-33)27-21(14-25(36)28-24(35)10-13-40-29(27)28)22(19-7-2-3-8-23(19)31)16-34(30(38)39)15-18-6-4-5-11-32-18/h2-3,7-8,10,13-14,18,20,22,26,32,36-37H,4-6,9,11-12,15-17H2,1H3,(H,38,39)/t18?,20-,22?,26+/m0/s1. The van der Waals surface area contributed by atoms with Crippen molar-refractivity contribution in [3.8, 4) is 5.75 Å². The number of phenols is 1. The molecule has 1 aromatic heterocycles. The minimum Gasteiger partial charge on any atom is -0.507 e. The minimum atomic E-state index is -1.05. The first-order chi connectivity index (χ1) is 19.2. The van der Waals surface area contributed by atoms with Crippen LogP contribution in [-0.4, -0.2) is 83.1 Å². The lowest BCUT2D eigenvalue weighted by atomic mass is 9.78. The summed E-state index contributed by atoms with van der Waals surface area (Å²) in [5.41, 5.74) is 1.71. The molecule has 0 spiro atoms. The Balaban J connectivity index is 1.70. The second-order valence-corrected chi connectivity index (χ2v) is 11.4. The van der Waals surface area contributed by atoms with Crippen LogP contribution in [0.1, 0.15) is 54.2 Å². The van der Waals surface area contributed by atoms with Gasteiger partial charge in [-0.15, -0.1) is 0 Å². The zero-order valence-corrected chi connectivity index (χ0v) is 23.3. The third kappa shape index (κ3) is 5.83. The summed E-state index contributed by atoms with van der Waals surface area (Å²) >= 11 is 6.72.